The minimum Gasteiger partial charge on any atom is -0.506 e. The van der Waals surface area contributed by atoms with Gasteiger partial charge < -0.3 is 10.2 Å². The molecular weight excluding hydrogens is 463 g/mol. The van der Waals surface area contributed by atoms with Gasteiger partial charge in [0.1, 0.15) is 5.75 Å². The topological polar surface area (TPSA) is 81.9 Å². The van der Waals surface area contributed by atoms with E-state index in [1.54, 1.807) is 42.5 Å². The molecular formula is C15H12BrIN2O3. The lowest BCUT2D eigenvalue weighted by Crippen LogP contribution is -2.25. The second kappa shape index (κ2) is 7.70. The zero-order valence-corrected chi connectivity index (χ0v) is 14.9. The second-order valence-corrected chi connectivity index (χ2v) is 6.45. The van der Waals surface area contributed by atoms with Gasteiger partial charge in [-0.3, -0.25) is 4.79 Å². The quantitative estimate of drug-likeness (QED) is 0.362. The van der Waals surface area contributed by atoms with Gasteiger partial charge in [0.25, 0.3) is 5.91 Å². The average molecular weight is 475 g/mol. The molecule has 0 aromatic heterocycles. The third-order valence-corrected chi connectivity index (χ3v) is 4.08. The molecule has 3 N–H and O–H groups in total. The number of hydrazone groups is 1. The molecule has 22 heavy (non-hydrogen) atoms. The molecule has 114 valence electrons. The lowest BCUT2D eigenvalue weighted by atomic mass is 10.1. The van der Waals surface area contributed by atoms with Crippen LogP contribution in [0.15, 0.2) is 52.0 Å². The smallest absolute Gasteiger partial charge is 0.273 e. The number of carbonyl (C=O) groups excluding carboxylic acids is 1. The molecule has 0 bridgehead atoms. The third-order valence-electron chi connectivity index (χ3n) is 2.80. The minimum atomic E-state index is -1.30. The number of nitrogens with zero attached hydrogens (tertiary/aromatic N) is 1. The van der Waals surface area contributed by atoms with Gasteiger partial charge in [-0.15, -0.1) is 0 Å². The lowest BCUT2D eigenvalue weighted by molar-refractivity contribution is -0.129. The highest BCUT2D eigenvalue weighted by molar-refractivity contribution is 14.1. The Morgan fingerprint density at radius 1 is 1.32 bits per heavy atom. The molecule has 0 saturated carbocycles. The summed E-state index contributed by atoms with van der Waals surface area (Å²) in [5.41, 5.74) is 3.18. The Morgan fingerprint density at radius 2 is 2.00 bits per heavy atom. The van der Waals surface area contributed by atoms with Gasteiger partial charge in [0.15, 0.2) is 6.10 Å². The molecule has 2 aromatic rings. The van der Waals surface area contributed by atoms with E-state index in [2.05, 4.69) is 26.5 Å². The number of aliphatic hydroxyl groups excluding tert-OH is 1. The number of hydrogen-bond acceptors (Lipinski definition) is 4. The van der Waals surface area contributed by atoms with Gasteiger partial charge in [-0.2, -0.15) is 5.10 Å². The molecule has 0 aliphatic heterocycles. The summed E-state index contributed by atoms with van der Waals surface area (Å²) in [5.74, 6) is -0.572. The number of benzene rings is 2. The Kier molecular flexibility index (Phi) is 5.92. The fraction of sp³-hybridized carbons (Fsp3) is 0.0667. The van der Waals surface area contributed by atoms with Crippen molar-refractivity contribution in [2.75, 3.05) is 0 Å². The van der Waals surface area contributed by atoms with Crippen molar-refractivity contribution in [3.63, 3.8) is 0 Å². The Morgan fingerprint density at radius 3 is 2.68 bits per heavy atom. The van der Waals surface area contributed by atoms with Crippen molar-refractivity contribution >= 4 is 50.6 Å². The number of phenols is 1. The van der Waals surface area contributed by atoms with Gasteiger partial charge in [-0.05, 0) is 40.3 Å². The van der Waals surface area contributed by atoms with Crippen LogP contribution < -0.4 is 5.43 Å². The first-order chi connectivity index (χ1) is 10.5. The summed E-state index contributed by atoms with van der Waals surface area (Å²) in [5, 5.41) is 23.5. The maximum Gasteiger partial charge on any atom is 0.273 e. The van der Waals surface area contributed by atoms with Crippen LogP contribution in [0.5, 0.6) is 5.75 Å². The lowest BCUT2D eigenvalue weighted by Gasteiger charge is -2.08. The van der Waals surface area contributed by atoms with Crippen LogP contribution in [0.25, 0.3) is 0 Å². The maximum absolute atomic E-state index is 11.8. The Bertz CT molecular complexity index is 707. The van der Waals surface area contributed by atoms with Gasteiger partial charge in [-0.25, -0.2) is 5.43 Å². The largest absolute Gasteiger partial charge is 0.506 e. The van der Waals surface area contributed by atoms with Crippen LogP contribution in [-0.2, 0) is 4.79 Å². The summed E-state index contributed by atoms with van der Waals surface area (Å²) >= 11 is 5.31. The van der Waals surface area contributed by atoms with Crippen molar-refractivity contribution in [2.24, 2.45) is 5.10 Å². The average Bonchev–Trinajstić information content (AvgIpc) is 2.51. The number of phenolic OH excluding ortho intramolecular Hbond substituents is 1. The van der Waals surface area contributed by atoms with E-state index in [0.717, 1.165) is 4.47 Å². The van der Waals surface area contributed by atoms with Crippen LogP contribution >= 0.6 is 38.5 Å². The Hall–Kier alpha value is -1.45. The van der Waals surface area contributed by atoms with Gasteiger partial charge >= 0.3 is 0 Å². The van der Waals surface area contributed by atoms with Crippen LogP contribution in [0, 0.1) is 3.57 Å². The van der Waals surface area contributed by atoms with Gasteiger partial charge in [0.05, 0.1) is 9.78 Å². The summed E-state index contributed by atoms with van der Waals surface area (Å²) in [6.07, 6.45) is 0.0207. The molecule has 1 atom stereocenters. The molecule has 0 spiro atoms. The molecule has 0 heterocycles. The molecule has 0 unspecified atom stereocenters. The van der Waals surface area contributed by atoms with E-state index in [4.69, 9.17) is 0 Å². The molecule has 5 nitrogen and oxygen atoms in total. The number of aliphatic hydroxyl groups is 1. The van der Waals surface area contributed by atoms with Crippen molar-refractivity contribution in [1.29, 1.82) is 0 Å². The number of amides is 1. The monoisotopic (exact) mass is 474 g/mol. The zero-order chi connectivity index (χ0) is 16.1. The number of hydrogen-bond donors (Lipinski definition) is 3. The Balaban J connectivity index is 2.05. The minimum absolute atomic E-state index is 0.0745. The normalized spacial score (nSPS) is 12.3. The van der Waals surface area contributed by atoms with E-state index in [0.29, 0.717) is 14.7 Å². The fourth-order valence-electron chi connectivity index (χ4n) is 1.70. The summed E-state index contributed by atoms with van der Waals surface area (Å²) in [6, 6.07) is 12.0. The van der Waals surface area contributed by atoms with Crippen molar-refractivity contribution in [3.8, 4) is 5.75 Å². The van der Waals surface area contributed by atoms with Crippen LogP contribution in [0.3, 0.4) is 0 Å². The van der Waals surface area contributed by atoms with E-state index in [9.17, 15) is 15.0 Å². The first-order valence-corrected chi connectivity index (χ1v) is 8.10. The molecule has 0 aliphatic carbocycles. The first kappa shape index (κ1) is 16.9. The molecule has 0 fully saturated rings. The molecule has 0 radical (unpaired) electrons. The van der Waals surface area contributed by atoms with Crippen LogP contribution in [0.1, 0.15) is 17.2 Å². The number of aromatic hydroxyl groups is 1. The SMILES string of the molecule is O=C(N/N=C\c1cc(Br)cc(I)c1O)[C@H](O)c1ccccc1. The summed E-state index contributed by atoms with van der Waals surface area (Å²) in [7, 11) is 0. The van der Waals surface area contributed by atoms with Gasteiger partial charge in [0.2, 0.25) is 0 Å². The maximum atomic E-state index is 11.8. The van der Waals surface area contributed by atoms with E-state index in [1.165, 1.54) is 6.21 Å². The summed E-state index contributed by atoms with van der Waals surface area (Å²) < 4.78 is 1.44. The van der Waals surface area contributed by atoms with Crippen molar-refractivity contribution in [2.45, 2.75) is 6.10 Å². The second-order valence-electron chi connectivity index (χ2n) is 4.37. The van der Waals surface area contributed by atoms with Gasteiger partial charge in [0, 0.05) is 10.0 Å². The molecule has 0 aliphatic rings. The highest BCUT2D eigenvalue weighted by atomic mass is 127. The van der Waals surface area contributed by atoms with Crippen molar-refractivity contribution in [3.05, 3.63) is 61.6 Å². The van der Waals surface area contributed by atoms with E-state index >= 15 is 0 Å². The highest BCUT2D eigenvalue weighted by Crippen LogP contribution is 2.27. The molecule has 7 heteroatoms. The van der Waals surface area contributed by atoms with Crippen LogP contribution in [-0.4, -0.2) is 22.3 Å². The van der Waals surface area contributed by atoms with Crippen molar-refractivity contribution in [1.82, 2.24) is 5.43 Å². The predicted octanol–water partition coefficient (Wildman–Crippen LogP) is 2.94. The molecule has 1 amide bonds. The zero-order valence-electron chi connectivity index (χ0n) is 11.2. The molecule has 2 rings (SSSR count). The summed E-state index contributed by atoms with van der Waals surface area (Å²) in [4.78, 5) is 11.8. The standard InChI is InChI=1S/C15H12BrIN2O3/c16-11-6-10(13(20)12(17)7-11)8-18-19-15(22)14(21)9-4-2-1-3-5-9/h1-8,14,20-21H,(H,19,22)/b18-8-/t14-/m1/s1. The van der Waals surface area contributed by atoms with Crippen LogP contribution in [0.2, 0.25) is 0 Å². The number of carbonyl (C=O) groups is 1. The highest BCUT2D eigenvalue weighted by Gasteiger charge is 2.16. The molecule has 2 aromatic carbocycles. The number of nitrogens with one attached hydrogen (secondary N) is 1. The van der Waals surface area contributed by atoms with Crippen molar-refractivity contribution < 1.29 is 15.0 Å². The predicted molar refractivity (Wildman–Crippen MR) is 95.7 cm³/mol. The first-order valence-electron chi connectivity index (χ1n) is 6.23. The number of rotatable bonds is 4. The van der Waals surface area contributed by atoms with E-state index in [-0.39, 0.29) is 5.75 Å². The third kappa shape index (κ3) is 4.28. The Labute approximate surface area is 149 Å². The van der Waals surface area contributed by atoms with Crippen LogP contribution in [0.4, 0.5) is 0 Å². The fourth-order valence-corrected chi connectivity index (χ4v) is 3.25. The van der Waals surface area contributed by atoms with E-state index < -0.39 is 12.0 Å². The molecule has 0 saturated heterocycles. The van der Waals surface area contributed by atoms with E-state index in [1.807, 2.05) is 22.6 Å². The summed E-state index contributed by atoms with van der Waals surface area (Å²) in [6.45, 7) is 0. The van der Waals surface area contributed by atoms with Gasteiger partial charge in [-0.1, -0.05) is 46.3 Å². The number of halogens is 2.